The Morgan fingerprint density at radius 1 is 1.36 bits per heavy atom. The van der Waals surface area contributed by atoms with E-state index in [1.807, 2.05) is 5.48 Å². The normalized spacial score (nSPS) is 11.9. The summed E-state index contributed by atoms with van der Waals surface area (Å²) in [4.78, 5) is 25.5. The molecule has 3 N–H and O–H groups in total. The van der Waals surface area contributed by atoms with E-state index >= 15 is 0 Å². The third-order valence-corrected chi connectivity index (χ3v) is 3.97. The highest BCUT2D eigenvalue weighted by Gasteiger charge is 2.27. The van der Waals surface area contributed by atoms with Crippen molar-refractivity contribution in [2.75, 3.05) is 12.3 Å². The van der Waals surface area contributed by atoms with Crippen LogP contribution in [0.4, 0.5) is 19.0 Å². The molecule has 1 amide bonds. The lowest BCUT2D eigenvalue weighted by Crippen LogP contribution is -2.25. The molecule has 0 radical (unpaired) electrons. The summed E-state index contributed by atoms with van der Waals surface area (Å²) in [6, 6.07) is 0. The highest BCUT2D eigenvalue weighted by molar-refractivity contribution is 7.20. The molecular weight excluding hydrogens is 321 g/mol. The van der Waals surface area contributed by atoms with Crippen LogP contribution in [-0.4, -0.2) is 28.7 Å². The van der Waals surface area contributed by atoms with Crippen LogP contribution >= 0.6 is 11.3 Å². The second-order valence-electron chi connectivity index (χ2n) is 4.54. The van der Waals surface area contributed by atoms with Crippen LogP contribution in [0.2, 0.25) is 0 Å². The fourth-order valence-corrected chi connectivity index (χ4v) is 2.95. The lowest BCUT2D eigenvalue weighted by atomic mass is 10.2. The van der Waals surface area contributed by atoms with Crippen molar-refractivity contribution in [1.29, 1.82) is 0 Å². The maximum Gasteiger partial charge on any atom is 0.391 e. The number of alkyl halides is 3. The summed E-state index contributed by atoms with van der Waals surface area (Å²) < 4.78 is 35.9. The maximum absolute atomic E-state index is 12.0. The average molecular weight is 334 g/mol. The van der Waals surface area contributed by atoms with Gasteiger partial charge in [-0.25, -0.2) is 15.4 Å². The number of nitrogen functional groups attached to an aromatic ring is 1. The number of thiophene rings is 1. The number of halogens is 3. The minimum atomic E-state index is -4.33. The molecule has 22 heavy (non-hydrogen) atoms. The number of anilines is 1. The molecule has 0 aliphatic rings. The van der Waals surface area contributed by atoms with Gasteiger partial charge in [0.25, 0.3) is 5.91 Å². The quantitative estimate of drug-likeness (QED) is 0.662. The van der Waals surface area contributed by atoms with Gasteiger partial charge in [0, 0.05) is 0 Å². The molecule has 10 heteroatoms. The Bertz CT molecular complexity index is 714. The highest BCUT2D eigenvalue weighted by atomic mass is 32.1. The molecule has 0 spiro atoms. The zero-order valence-corrected chi connectivity index (χ0v) is 12.6. The smallest absolute Gasteiger partial charge is 0.383 e. The molecule has 0 aliphatic carbocycles. The predicted molar refractivity (Wildman–Crippen MR) is 75.4 cm³/mol. The molecule has 0 aliphatic heterocycles. The number of rotatable bonds is 4. The summed E-state index contributed by atoms with van der Waals surface area (Å²) in [7, 11) is 0. The first-order valence-corrected chi connectivity index (χ1v) is 7.03. The zero-order chi connectivity index (χ0) is 16.5. The van der Waals surface area contributed by atoms with Gasteiger partial charge in [-0.2, -0.15) is 13.2 Å². The number of nitrogens with zero attached hydrogens (tertiary/aromatic N) is 2. The van der Waals surface area contributed by atoms with E-state index in [0.717, 1.165) is 11.3 Å². The Morgan fingerprint density at radius 3 is 2.68 bits per heavy atom. The zero-order valence-electron chi connectivity index (χ0n) is 11.7. The van der Waals surface area contributed by atoms with Crippen LogP contribution in [-0.2, 0) is 4.84 Å². The van der Waals surface area contributed by atoms with Crippen LogP contribution < -0.4 is 11.2 Å². The van der Waals surface area contributed by atoms with Crippen LogP contribution in [0.3, 0.4) is 0 Å². The fourth-order valence-electron chi connectivity index (χ4n) is 1.83. The summed E-state index contributed by atoms with van der Waals surface area (Å²) >= 11 is 1.08. The van der Waals surface area contributed by atoms with Gasteiger partial charge in [-0.15, -0.1) is 11.3 Å². The number of hydroxylamine groups is 1. The van der Waals surface area contributed by atoms with Crippen LogP contribution in [0.5, 0.6) is 0 Å². The van der Waals surface area contributed by atoms with E-state index < -0.39 is 25.1 Å². The lowest BCUT2D eigenvalue weighted by molar-refractivity contribution is -0.149. The number of fused-ring (bicyclic) bond motifs is 1. The molecule has 0 fully saturated rings. The lowest BCUT2D eigenvalue weighted by Gasteiger charge is -2.07. The molecule has 0 aromatic carbocycles. The van der Waals surface area contributed by atoms with Gasteiger partial charge in [0.2, 0.25) is 0 Å². The maximum atomic E-state index is 12.0. The molecule has 2 aromatic rings. The van der Waals surface area contributed by atoms with Crippen molar-refractivity contribution in [3.63, 3.8) is 0 Å². The van der Waals surface area contributed by atoms with E-state index in [1.54, 1.807) is 13.8 Å². The van der Waals surface area contributed by atoms with Gasteiger partial charge in [-0.05, 0) is 19.4 Å². The van der Waals surface area contributed by atoms with E-state index in [9.17, 15) is 18.0 Å². The first kappa shape index (κ1) is 16.4. The van der Waals surface area contributed by atoms with Gasteiger partial charge in [-0.1, -0.05) is 0 Å². The molecule has 0 bridgehead atoms. The number of amides is 1. The number of hydrogen-bond acceptors (Lipinski definition) is 6. The number of aryl methyl sites for hydroxylation is 2. The molecule has 2 rings (SSSR count). The van der Waals surface area contributed by atoms with Crippen molar-refractivity contribution in [3.8, 4) is 0 Å². The number of hydrogen-bond donors (Lipinski definition) is 2. The van der Waals surface area contributed by atoms with Crippen LogP contribution in [0.15, 0.2) is 0 Å². The van der Waals surface area contributed by atoms with Crippen molar-refractivity contribution in [3.05, 3.63) is 16.3 Å². The third-order valence-electron chi connectivity index (χ3n) is 2.79. The first-order valence-electron chi connectivity index (χ1n) is 6.21. The van der Waals surface area contributed by atoms with Crippen LogP contribution in [0.1, 0.15) is 27.5 Å². The number of nitrogens with two attached hydrogens (primary N) is 1. The Hall–Kier alpha value is -1.94. The SMILES string of the molecule is Cc1nc(N)c2c(C)c(C(=O)NOCCC(F)(F)F)sc2n1. The van der Waals surface area contributed by atoms with E-state index in [4.69, 9.17) is 5.73 Å². The van der Waals surface area contributed by atoms with Crippen molar-refractivity contribution in [2.24, 2.45) is 0 Å². The van der Waals surface area contributed by atoms with E-state index in [1.165, 1.54) is 0 Å². The standard InChI is InChI=1S/C12H13F3N4O2S/c1-5-7-9(16)17-6(2)18-11(7)22-8(5)10(20)19-21-4-3-12(13,14)15/h3-4H2,1-2H3,(H,19,20)(H2,16,17,18). The van der Waals surface area contributed by atoms with E-state index in [2.05, 4.69) is 14.8 Å². The largest absolute Gasteiger partial charge is 0.391 e. The number of carbonyl (C=O) groups excluding carboxylic acids is 1. The van der Waals surface area contributed by atoms with Crippen molar-refractivity contribution >= 4 is 33.3 Å². The summed E-state index contributed by atoms with van der Waals surface area (Å²) in [5.74, 6) is 0.0904. The Morgan fingerprint density at radius 2 is 2.05 bits per heavy atom. The Kier molecular flexibility index (Phi) is 4.52. The summed E-state index contributed by atoms with van der Waals surface area (Å²) in [5.41, 5.74) is 8.36. The topological polar surface area (TPSA) is 90.1 Å². The van der Waals surface area contributed by atoms with Gasteiger partial charge in [0.05, 0.1) is 23.3 Å². The molecule has 2 aromatic heterocycles. The summed E-state index contributed by atoms with van der Waals surface area (Å²) in [6.07, 6.45) is -5.48. The fraction of sp³-hybridized carbons (Fsp3) is 0.417. The summed E-state index contributed by atoms with van der Waals surface area (Å²) in [6.45, 7) is 2.68. The second kappa shape index (κ2) is 6.05. The molecule has 120 valence electrons. The molecule has 6 nitrogen and oxygen atoms in total. The molecule has 0 unspecified atom stereocenters. The Labute approximate surface area is 127 Å². The van der Waals surface area contributed by atoms with Gasteiger partial charge >= 0.3 is 6.18 Å². The molecule has 0 saturated heterocycles. The minimum absolute atomic E-state index is 0.258. The second-order valence-corrected chi connectivity index (χ2v) is 5.54. The predicted octanol–water partition coefficient (Wildman–Crippen LogP) is 2.50. The third kappa shape index (κ3) is 3.63. The number of carbonyl (C=O) groups is 1. The van der Waals surface area contributed by atoms with Crippen molar-refractivity contribution in [2.45, 2.75) is 26.4 Å². The van der Waals surface area contributed by atoms with Crippen LogP contribution in [0.25, 0.3) is 10.2 Å². The van der Waals surface area contributed by atoms with Gasteiger partial charge in [0.15, 0.2) is 0 Å². The number of nitrogens with one attached hydrogen (secondary N) is 1. The van der Waals surface area contributed by atoms with E-state index in [-0.39, 0.29) is 10.7 Å². The minimum Gasteiger partial charge on any atom is -0.383 e. The van der Waals surface area contributed by atoms with Gasteiger partial charge in [-0.3, -0.25) is 9.63 Å². The van der Waals surface area contributed by atoms with Crippen molar-refractivity contribution < 1.29 is 22.8 Å². The molecular formula is C12H13F3N4O2S. The average Bonchev–Trinajstić information content (AvgIpc) is 2.70. The number of aromatic nitrogens is 2. The molecule has 0 saturated carbocycles. The van der Waals surface area contributed by atoms with Gasteiger partial charge in [0.1, 0.15) is 16.5 Å². The summed E-state index contributed by atoms with van der Waals surface area (Å²) in [5, 5.41) is 0.566. The molecule has 2 heterocycles. The first-order chi connectivity index (χ1) is 10.2. The van der Waals surface area contributed by atoms with Crippen LogP contribution in [0, 0.1) is 13.8 Å². The highest BCUT2D eigenvalue weighted by Crippen LogP contribution is 2.32. The molecule has 0 atom stereocenters. The van der Waals surface area contributed by atoms with E-state index in [0.29, 0.717) is 21.6 Å². The Balaban J connectivity index is 2.12. The van der Waals surface area contributed by atoms with Gasteiger partial charge < -0.3 is 5.73 Å². The monoisotopic (exact) mass is 334 g/mol. The van der Waals surface area contributed by atoms with Crippen molar-refractivity contribution in [1.82, 2.24) is 15.4 Å².